The van der Waals surface area contributed by atoms with Gasteiger partial charge < -0.3 is 20.5 Å². The van der Waals surface area contributed by atoms with E-state index in [1.54, 1.807) is 6.07 Å². The average molecular weight is 672 g/mol. The van der Waals surface area contributed by atoms with Gasteiger partial charge in [0.15, 0.2) is 0 Å². The number of carboxylic acids is 1. The van der Waals surface area contributed by atoms with Gasteiger partial charge in [-0.05, 0) is 77.8 Å². The second-order valence-electron chi connectivity index (χ2n) is 13.0. The van der Waals surface area contributed by atoms with E-state index >= 15 is 0 Å². The number of carboxylic acid groups (broad SMARTS) is 1. The first-order valence-corrected chi connectivity index (χ1v) is 17.7. The van der Waals surface area contributed by atoms with Crippen molar-refractivity contribution in [2.24, 2.45) is 0 Å². The molecule has 4 aromatic carbocycles. The Bertz CT molecular complexity index is 1700. The predicted molar refractivity (Wildman–Crippen MR) is 194 cm³/mol. The van der Waals surface area contributed by atoms with Crippen molar-refractivity contribution in [1.29, 1.82) is 0 Å². The fourth-order valence-corrected chi connectivity index (χ4v) is 6.13. The normalized spacial score (nSPS) is 11.8. The van der Waals surface area contributed by atoms with Crippen LogP contribution in [0, 0.1) is 13.8 Å². The number of thioether (sulfide) groups is 1. The van der Waals surface area contributed by atoms with Crippen molar-refractivity contribution in [2.45, 2.75) is 58.7 Å². The Morgan fingerprint density at radius 2 is 1.47 bits per heavy atom. The summed E-state index contributed by atoms with van der Waals surface area (Å²) in [5.41, 5.74) is 7.05. The minimum atomic E-state index is -1.30. The number of aryl methyl sites for hydroxylation is 2. The van der Waals surface area contributed by atoms with Crippen LogP contribution >= 0.6 is 11.8 Å². The predicted octanol–water partition coefficient (Wildman–Crippen LogP) is 2.67. The van der Waals surface area contributed by atoms with Crippen LogP contribution < -0.4 is 34.6 Å². The molecule has 7 nitrogen and oxygen atoms in total. The van der Waals surface area contributed by atoms with Crippen molar-refractivity contribution < 1.29 is 38.4 Å². The maximum Gasteiger partial charge on any atom is 1.00 e. The summed E-state index contributed by atoms with van der Waals surface area (Å²) in [5, 5.41) is 17.6. The van der Waals surface area contributed by atoms with E-state index < -0.39 is 17.9 Å². The van der Waals surface area contributed by atoms with Crippen molar-refractivity contribution in [3.63, 3.8) is 0 Å². The summed E-state index contributed by atoms with van der Waals surface area (Å²) >= 11 is 1.51. The van der Waals surface area contributed by atoms with Gasteiger partial charge in [0, 0.05) is 30.6 Å². The number of nitrogens with zero attached hydrogens (tertiary/aromatic N) is 1. The maximum atomic E-state index is 13.6. The summed E-state index contributed by atoms with van der Waals surface area (Å²) in [6, 6.07) is 30.8. The Labute approximate surface area is 307 Å². The van der Waals surface area contributed by atoms with E-state index in [4.69, 9.17) is 0 Å². The number of carbonyl (C=O) groups is 3. The van der Waals surface area contributed by atoms with Crippen LogP contribution in [0.5, 0.6) is 0 Å². The average Bonchev–Trinajstić information content (AvgIpc) is 3.07. The fourth-order valence-electron chi connectivity index (χ4n) is 5.65. The van der Waals surface area contributed by atoms with Crippen LogP contribution in [0.2, 0.25) is 0 Å². The molecular weight excluding hydrogens is 625 g/mol. The molecule has 0 aliphatic carbocycles. The van der Waals surface area contributed by atoms with Crippen molar-refractivity contribution in [2.75, 3.05) is 25.1 Å². The molecule has 0 saturated carbocycles. The van der Waals surface area contributed by atoms with E-state index in [-0.39, 0.29) is 43.1 Å². The molecule has 0 heterocycles. The molecule has 252 valence electrons. The zero-order valence-corrected chi connectivity index (χ0v) is 30.4. The SMILES string of the molecule is CSCC[C@H](NC(=O)c1ccc(CN(CC(=O)NCC(C)(C)c2ccccc2)Cc2ccc(C)cc2)cc1-c1ccccc1C)C(=O)[O-].[Li+]. The summed E-state index contributed by atoms with van der Waals surface area (Å²) in [7, 11) is 0. The number of carbonyl (C=O) groups excluding carboxylic acids is 3. The topological polar surface area (TPSA) is 102 Å². The molecule has 2 N–H and O–H groups in total. The molecule has 0 aliphatic rings. The smallest absolute Gasteiger partial charge is 0.548 e. The maximum absolute atomic E-state index is 13.6. The molecule has 4 aromatic rings. The van der Waals surface area contributed by atoms with Crippen LogP contribution in [0.1, 0.15) is 58.4 Å². The fraction of sp³-hybridized carbons (Fsp3) is 0.325. The van der Waals surface area contributed by atoms with Gasteiger partial charge in [0.05, 0.1) is 18.6 Å². The molecule has 49 heavy (non-hydrogen) atoms. The molecule has 0 unspecified atom stereocenters. The van der Waals surface area contributed by atoms with Gasteiger partial charge in [-0.15, -0.1) is 0 Å². The van der Waals surface area contributed by atoms with Crippen LogP contribution in [0.15, 0.2) is 97.1 Å². The molecule has 0 fully saturated rings. The van der Waals surface area contributed by atoms with Crippen LogP contribution in [0.3, 0.4) is 0 Å². The van der Waals surface area contributed by atoms with Crippen LogP contribution in [0.4, 0.5) is 0 Å². The Kier molecular flexibility index (Phi) is 15.2. The number of rotatable bonds is 16. The zero-order chi connectivity index (χ0) is 34.7. The number of benzene rings is 4. The quantitative estimate of drug-likeness (QED) is 0.178. The Hall–Kier alpha value is -3.80. The third-order valence-electron chi connectivity index (χ3n) is 8.55. The number of hydrogen-bond donors (Lipinski definition) is 2. The molecular formula is C40H46LiN3O4S. The Morgan fingerprint density at radius 1 is 0.837 bits per heavy atom. The minimum Gasteiger partial charge on any atom is -0.548 e. The molecule has 0 aliphatic heterocycles. The largest absolute Gasteiger partial charge is 1.00 e. The van der Waals surface area contributed by atoms with Gasteiger partial charge in [-0.3, -0.25) is 14.5 Å². The Morgan fingerprint density at radius 3 is 2.12 bits per heavy atom. The molecule has 0 aromatic heterocycles. The Balaban J connectivity index is 0.00000650. The number of aliphatic carboxylic acids is 1. The molecule has 0 saturated heterocycles. The van der Waals surface area contributed by atoms with Crippen LogP contribution in [-0.2, 0) is 28.1 Å². The van der Waals surface area contributed by atoms with E-state index in [0.717, 1.165) is 33.4 Å². The van der Waals surface area contributed by atoms with E-state index in [0.29, 0.717) is 36.5 Å². The first kappa shape index (κ1) is 39.6. The third-order valence-corrected chi connectivity index (χ3v) is 9.19. The van der Waals surface area contributed by atoms with E-state index in [9.17, 15) is 19.5 Å². The first-order chi connectivity index (χ1) is 23.0. The van der Waals surface area contributed by atoms with Crippen molar-refractivity contribution in [1.82, 2.24) is 15.5 Å². The molecule has 4 rings (SSSR count). The van der Waals surface area contributed by atoms with Crippen LogP contribution in [-0.4, -0.2) is 53.8 Å². The van der Waals surface area contributed by atoms with E-state index in [1.165, 1.54) is 11.8 Å². The summed E-state index contributed by atoms with van der Waals surface area (Å²) < 4.78 is 0. The molecule has 0 spiro atoms. The molecule has 2 amide bonds. The van der Waals surface area contributed by atoms with Gasteiger partial charge in [-0.25, -0.2) is 0 Å². The van der Waals surface area contributed by atoms with Gasteiger partial charge >= 0.3 is 18.9 Å². The minimum absolute atomic E-state index is 0. The van der Waals surface area contributed by atoms with Crippen molar-refractivity contribution in [3.8, 4) is 11.1 Å². The molecule has 0 bridgehead atoms. The number of amides is 2. The second kappa shape index (κ2) is 18.8. The van der Waals surface area contributed by atoms with Crippen LogP contribution in [0.25, 0.3) is 11.1 Å². The van der Waals surface area contributed by atoms with E-state index in [2.05, 4.69) is 65.8 Å². The standard InChI is InChI=1S/C40H47N3O4S.Li/c1-28-15-17-30(18-16-28)24-43(26-37(44)41-27-40(3,4)32-12-7-6-8-13-32)25-31-19-20-34(35(23-31)33-14-10-9-11-29(33)2)38(45)42-36(39(46)47)21-22-48-5;/h6-20,23,36H,21-22,24-27H2,1-5H3,(H,41,44)(H,42,45)(H,46,47);/q;+1/p-1/t36-;/m0./s1. The second-order valence-corrected chi connectivity index (χ2v) is 14.0. The first-order valence-electron chi connectivity index (χ1n) is 16.3. The summed E-state index contributed by atoms with van der Waals surface area (Å²) in [4.78, 5) is 40.9. The molecule has 0 radical (unpaired) electrons. The van der Waals surface area contributed by atoms with E-state index in [1.807, 2.05) is 74.7 Å². The zero-order valence-electron chi connectivity index (χ0n) is 29.5. The van der Waals surface area contributed by atoms with Gasteiger partial charge in [0.25, 0.3) is 5.91 Å². The summed E-state index contributed by atoms with van der Waals surface area (Å²) in [6.07, 6.45) is 2.16. The van der Waals surface area contributed by atoms with Gasteiger partial charge in [0.2, 0.25) is 5.91 Å². The van der Waals surface area contributed by atoms with Gasteiger partial charge in [0.1, 0.15) is 0 Å². The monoisotopic (exact) mass is 671 g/mol. The van der Waals surface area contributed by atoms with Gasteiger partial charge in [-0.1, -0.05) is 104 Å². The molecule has 9 heteroatoms. The number of nitrogens with one attached hydrogen (secondary N) is 2. The van der Waals surface area contributed by atoms with Crippen molar-refractivity contribution in [3.05, 3.63) is 130 Å². The number of hydrogen-bond acceptors (Lipinski definition) is 6. The summed E-state index contributed by atoms with van der Waals surface area (Å²) in [6.45, 7) is 9.97. The summed E-state index contributed by atoms with van der Waals surface area (Å²) in [5.74, 6) is -1.26. The van der Waals surface area contributed by atoms with Crippen molar-refractivity contribution >= 4 is 29.5 Å². The van der Waals surface area contributed by atoms with Gasteiger partial charge in [-0.2, -0.15) is 11.8 Å². The molecule has 1 atom stereocenters. The third kappa shape index (κ3) is 11.6.